The van der Waals surface area contributed by atoms with E-state index in [0.717, 1.165) is 0 Å². The van der Waals surface area contributed by atoms with E-state index in [1.807, 2.05) is 0 Å². The molecular weight excluding hydrogens is 242 g/mol. The number of aromatic nitrogens is 1. The Balaban J connectivity index is 2.98. The minimum atomic E-state index is -3.70. The monoisotopic (exact) mass is 257 g/mol. The van der Waals surface area contributed by atoms with Crippen molar-refractivity contribution in [2.24, 2.45) is 0 Å². The molecule has 0 spiro atoms. The molecule has 1 aromatic heterocycles. The fourth-order valence-electron chi connectivity index (χ4n) is 1.20. The molecule has 7 heteroatoms. The van der Waals surface area contributed by atoms with Gasteiger partial charge in [-0.1, -0.05) is 0 Å². The van der Waals surface area contributed by atoms with Crippen molar-refractivity contribution in [1.29, 1.82) is 0 Å². The van der Waals surface area contributed by atoms with Gasteiger partial charge in [-0.05, 0) is 13.0 Å². The number of anilines is 1. The molecule has 1 amide bonds. The summed E-state index contributed by atoms with van der Waals surface area (Å²) in [7, 11) is -2.15. The minimum Gasteiger partial charge on any atom is -0.396 e. The van der Waals surface area contributed by atoms with Gasteiger partial charge in [-0.25, -0.2) is 8.42 Å². The number of carbonyl (C=O) groups excluding carboxylic acids is 1. The van der Waals surface area contributed by atoms with Crippen molar-refractivity contribution in [3.63, 3.8) is 0 Å². The molecule has 6 nitrogen and oxygen atoms in total. The first-order valence-electron chi connectivity index (χ1n) is 5.04. The van der Waals surface area contributed by atoms with Crippen LogP contribution < -0.4 is 5.73 Å². The second-order valence-electron chi connectivity index (χ2n) is 3.58. The van der Waals surface area contributed by atoms with Gasteiger partial charge in [0.1, 0.15) is 5.75 Å². The van der Waals surface area contributed by atoms with Crippen LogP contribution in [0.2, 0.25) is 0 Å². The third kappa shape index (κ3) is 3.16. The zero-order chi connectivity index (χ0) is 13.1. The molecular formula is C10H15N3O3S. The number of hydrogen-bond acceptors (Lipinski definition) is 5. The number of rotatable bonds is 4. The molecule has 0 unspecified atom stereocenters. The molecule has 1 aromatic rings. The van der Waals surface area contributed by atoms with Crippen molar-refractivity contribution < 1.29 is 13.2 Å². The average Bonchev–Trinajstić information content (AvgIpc) is 2.27. The van der Waals surface area contributed by atoms with E-state index in [1.54, 1.807) is 14.0 Å². The fraction of sp³-hybridized carbons (Fsp3) is 0.400. The molecule has 0 aliphatic carbocycles. The van der Waals surface area contributed by atoms with Crippen LogP contribution in [0.5, 0.6) is 0 Å². The third-order valence-electron chi connectivity index (χ3n) is 2.36. The molecule has 0 saturated heterocycles. The Morgan fingerprint density at radius 3 is 2.71 bits per heavy atom. The van der Waals surface area contributed by atoms with E-state index in [1.165, 1.54) is 23.4 Å². The second-order valence-corrected chi connectivity index (χ2v) is 5.54. The highest BCUT2D eigenvalue weighted by atomic mass is 32.2. The molecule has 1 heterocycles. The van der Waals surface area contributed by atoms with E-state index < -0.39 is 21.5 Å². The van der Waals surface area contributed by atoms with Crippen molar-refractivity contribution in [2.75, 3.05) is 25.1 Å². The molecule has 0 radical (unpaired) electrons. The maximum absolute atomic E-state index is 11.9. The largest absolute Gasteiger partial charge is 0.396 e. The number of nitrogens with two attached hydrogens (primary N) is 1. The molecule has 0 saturated carbocycles. The summed E-state index contributed by atoms with van der Waals surface area (Å²) in [6, 6.07) is 1.30. The summed E-state index contributed by atoms with van der Waals surface area (Å²) >= 11 is 0. The van der Waals surface area contributed by atoms with Gasteiger partial charge >= 0.3 is 0 Å². The molecule has 0 aliphatic heterocycles. The van der Waals surface area contributed by atoms with Gasteiger partial charge in [0.2, 0.25) is 5.91 Å². The van der Waals surface area contributed by atoms with Gasteiger partial charge in [-0.3, -0.25) is 9.78 Å². The first-order valence-corrected chi connectivity index (χ1v) is 6.70. The maximum Gasteiger partial charge on any atom is 0.237 e. The van der Waals surface area contributed by atoms with Crippen LogP contribution in [-0.4, -0.2) is 43.6 Å². The SMILES string of the molecule is CCN(C)C(=O)CS(=O)(=O)c1ccncc1N. The highest BCUT2D eigenvalue weighted by Gasteiger charge is 2.23. The number of sulfone groups is 1. The van der Waals surface area contributed by atoms with Crippen molar-refractivity contribution in [3.05, 3.63) is 18.5 Å². The van der Waals surface area contributed by atoms with Crippen LogP contribution in [0.15, 0.2) is 23.4 Å². The van der Waals surface area contributed by atoms with Gasteiger partial charge in [-0.15, -0.1) is 0 Å². The molecule has 2 N–H and O–H groups in total. The van der Waals surface area contributed by atoms with Crippen molar-refractivity contribution in [3.8, 4) is 0 Å². The van der Waals surface area contributed by atoms with Crippen LogP contribution in [0.25, 0.3) is 0 Å². The second kappa shape index (κ2) is 5.13. The number of hydrogen-bond donors (Lipinski definition) is 1. The standard InChI is InChI=1S/C10H15N3O3S/c1-3-13(2)10(14)7-17(15,16)9-4-5-12-6-8(9)11/h4-6H,3,7,11H2,1-2H3. The summed E-state index contributed by atoms with van der Waals surface area (Å²) in [5.41, 5.74) is 5.58. The molecule has 0 bridgehead atoms. The lowest BCUT2D eigenvalue weighted by atomic mass is 10.4. The van der Waals surface area contributed by atoms with Crippen LogP contribution in [0.4, 0.5) is 5.69 Å². The Bertz CT molecular complexity index is 513. The minimum absolute atomic E-state index is 0.0506. The molecule has 17 heavy (non-hydrogen) atoms. The lowest BCUT2D eigenvalue weighted by molar-refractivity contribution is -0.126. The van der Waals surface area contributed by atoms with Crippen LogP contribution in [0, 0.1) is 0 Å². The first kappa shape index (κ1) is 13.4. The van der Waals surface area contributed by atoms with E-state index in [0.29, 0.717) is 6.54 Å². The van der Waals surface area contributed by atoms with Crippen molar-refractivity contribution in [1.82, 2.24) is 9.88 Å². The lowest BCUT2D eigenvalue weighted by Gasteiger charge is -2.14. The maximum atomic E-state index is 11.9. The van der Waals surface area contributed by atoms with Gasteiger partial charge in [0.15, 0.2) is 9.84 Å². The zero-order valence-corrected chi connectivity index (χ0v) is 10.6. The molecule has 0 fully saturated rings. The molecule has 0 aromatic carbocycles. The summed E-state index contributed by atoms with van der Waals surface area (Å²) in [6.07, 6.45) is 2.58. The highest BCUT2D eigenvalue weighted by molar-refractivity contribution is 7.92. The Hall–Kier alpha value is -1.63. The summed E-state index contributed by atoms with van der Waals surface area (Å²) in [6.45, 7) is 2.23. The first-order chi connectivity index (χ1) is 7.88. The van der Waals surface area contributed by atoms with E-state index >= 15 is 0 Å². The number of carbonyl (C=O) groups is 1. The Labute approximate surface area is 100 Å². The van der Waals surface area contributed by atoms with Gasteiger partial charge < -0.3 is 10.6 Å². The van der Waals surface area contributed by atoms with Crippen LogP contribution in [-0.2, 0) is 14.6 Å². The fourth-order valence-corrected chi connectivity index (χ4v) is 2.59. The summed E-state index contributed by atoms with van der Waals surface area (Å²) in [5, 5.41) is 0. The molecule has 0 atom stereocenters. The Morgan fingerprint density at radius 1 is 1.53 bits per heavy atom. The molecule has 0 aliphatic rings. The predicted octanol–water partition coefficient (Wildman–Crippen LogP) is -0.0842. The van der Waals surface area contributed by atoms with Gasteiger partial charge in [0.05, 0.1) is 16.8 Å². The molecule has 94 valence electrons. The quantitative estimate of drug-likeness (QED) is 0.814. The van der Waals surface area contributed by atoms with E-state index in [2.05, 4.69) is 4.98 Å². The van der Waals surface area contributed by atoms with E-state index in [4.69, 9.17) is 5.73 Å². The molecule has 1 rings (SSSR count). The zero-order valence-electron chi connectivity index (χ0n) is 9.75. The third-order valence-corrected chi connectivity index (χ3v) is 4.03. The predicted molar refractivity (Wildman–Crippen MR) is 64.0 cm³/mol. The van der Waals surface area contributed by atoms with E-state index in [9.17, 15) is 13.2 Å². The normalized spacial score (nSPS) is 11.2. The Morgan fingerprint density at radius 2 is 2.18 bits per heavy atom. The lowest BCUT2D eigenvalue weighted by Crippen LogP contribution is -2.32. The highest BCUT2D eigenvalue weighted by Crippen LogP contribution is 2.17. The smallest absolute Gasteiger partial charge is 0.237 e. The van der Waals surface area contributed by atoms with Gasteiger partial charge in [-0.2, -0.15) is 0 Å². The van der Waals surface area contributed by atoms with Crippen molar-refractivity contribution >= 4 is 21.4 Å². The summed E-state index contributed by atoms with van der Waals surface area (Å²) in [4.78, 5) is 16.6. The Kier molecular flexibility index (Phi) is 4.06. The topological polar surface area (TPSA) is 93.4 Å². The van der Waals surface area contributed by atoms with Crippen molar-refractivity contribution in [2.45, 2.75) is 11.8 Å². The van der Waals surface area contributed by atoms with E-state index in [-0.39, 0.29) is 10.6 Å². The number of nitrogens with zero attached hydrogens (tertiary/aromatic N) is 2. The average molecular weight is 257 g/mol. The summed E-state index contributed by atoms with van der Waals surface area (Å²) < 4.78 is 23.9. The van der Waals surface area contributed by atoms with Crippen LogP contribution in [0.1, 0.15) is 6.92 Å². The van der Waals surface area contributed by atoms with Crippen LogP contribution in [0.3, 0.4) is 0 Å². The number of pyridine rings is 1. The number of amides is 1. The number of nitrogen functional groups attached to an aromatic ring is 1. The van der Waals surface area contributed by atoms with Gasteiger partial charge in [0, 0.05) is 19.8 Å². The van der Waals surface area contributed by atoms with Crippen LogP contribution >= 0.6 is 0 Å². The van der Waals surface area contributed by atoms with Gasteiger partial charge in [0.25, 0.3) is 0 Å². The summed E-state index contributed by atoms with van der Waals surface area (Å²) in [5.74, 6) is -1.03.